The Morgan fingerprint density at radius 2 is 1.40 bits per heavy atom. The summed E-state index contributed by atoms with van der Waals surface area (Å²) in [4.78, 5) is 11.5. The summed E-state index contributed by atoms with van der Waals surface area (Å²) in [6.45, 7) is 18.1. The van der Waals surface area contributed by atoms with Gasteiger partial charge in [0, 0.05) is 12.7 Å². The highest BCUT2D eigenvalue weighted by Crippen LogP contribution is 2.36. The number of unbranched alkanes of at least 4 members (excludes halogenated alkanes) is 6. The zero-order chi connectivity index (χ0) is 19.6. The zero-order valence-corrected chi connectivity index (χ0v) is 19.0. The number of allylic oxidation sites excluding steroid dienone is 1. The van der Waals surface area contributed by atoms with Crippen molar-refractivity contribution in [3.05, 3.63) is 12.2 Å². The van der Waals surface area contributed by atoms with Gasteiger partial charge in [0.2, 0.25) is 0 Å². The Labute approximate surface area is 157 Å². The molecule has 0 saturated carbocycles. The molecule has 0 aliphatic carbocycles. The molecule has 0 atom stereocenters. The van der Waals surface area contributed by atoms with E-state index in [0.29, 0.717) is 5.04 Å². The van der Waals surface area contributed by atoms with Crippen LogP contribution in [-0.4, -0.2) is 26.5 Å². The van der Waals surface area contributed by atoms with E-state index in [4.69, 9.17) is 9.16 Å². The molecule has 0 spiro atoms. The fourth-order valence-corrected chi connectivity index (χ4v) is 3.22. The topological polar surface area (TPSA) is 35.5 Å². The maximum atomic E-state index is 11.5. The van der Waals surface area contributed by atoms with Crippen LogP contribution in [0.2, 0.25) is 18.1 Å². The lowest BCUT2D eigenvalue weighted by Crippen LogP contribution is -2.40. The van der Waals surface area contributed by atoms with Crippen LogP contribution in [0.4, 0.5) is 0 Å². The molecule has 0 amide bonds. The van der Waals surface area contributed by atoms with Crippen LogP contribution in [0.1, 0.15) is 86.5 Å². The van der Waals surface area contributed by atoms with Crippen LogP contribution in [0.15, 0.2) is 12.2 Å². The van der Waals surface area contributed by atoms with Crippen molar-refractivity contribution in [2.75, 3.05) is 6.61 Å². The third-order valence-electron chi connectivity index (χ3n) is 4.69. The third-order valence-corrected chi connectivity index (χ3v) is 9.23. The summed E-state index contributed by atoms with van der Waals surface area (Å²) in [7, 11) is -1.57. The summed E-state index contributed by atoms with van der Waals surface area (Å²) in [5.41, 5.74) is -0.407. The van der Waals surface area contributed by atoms with E-state index < -0.39 is 13.9 Å². The minimum atomic E-state index is -1.57. The first kappa shape index (κ1) is 24.4. The Kier molecular flexibility index (Phi) is 10.9. The highest BCUT2D eigenvalue weighted by molar-refractivity contribution is 6.74. The van der Waals surface area contributed by atoms with Crippen molar-refractivity contribution in [1.29, 1.82) is 0 Å². The van der Waals surface area contributed by atoms with Crippen LogP contribution in [0, 0.1) is 0 Å². The quantitative estimate of drug-likeness (QED) is 0.177. The lowest BCUT2D eigenvalue weighted by Gasteiger charge is -2.36. The Balaban J connectivity index is 3.56. The lowest BCUT2D eigenvalue weighted by atomic mass is 10.1. The summed E-state index contributed by atoms with van der Waals surface area (Å²) in [5.74, 6) is -0.241. The van der Waals surface area contributed by atoms with Gasteiger partial charge in [0.25, 0.3) is 0 Å². The number of hydrogen-bond acceptors (Lipinski definition) is 3. The van der Waals surface area contributed by atoms with Gasteiger partial charge in [0.1, 0.15) is 5.60 Å². The van der Waals surface area contributed by atoms with Gasteiger partial charge >= 0.3 is 5.97 Å². The fourth-order valence-electron chi connectivity index (χ4n) is 2.13. The number of carbonyl (C=O) groups is 1. The molecule has 0 bridgehead atoms. The molecule has 0 fully saturated rings. The second-order valence-electron chi connectivity index (χ2n) is 9.45. The number of ether oxygens (including phenoxy) is 1. The van der Waals surface area contributed by atoms with E-state index in [-0.39, 0.29) is 5.97 Å². The van der Waals surface area contributed by atoms with Gasteiger partial charge in [0.05, 0.1) is 0 Å². The summed E-state index contributed by atoms with van der Waals surface area (Å²) in [6, 6.07) is 0. The van der Waals surface area contributed by atoms with Crippen molar-refractivity contribution in [1.82, 2.24) is 0 Å². The van der Waals surface area contributed by atoms with Crippen LogP contribution >= 0.6 is 0 Å². The summed E-state index contributed by atoms with van der Waals surface area (Å²) < 4.78 is 11.4. The number of esters is 1. The first-order chi connectivity index (χ1) is 11.4. The monoisotopic (exact) mass is 370 g/mol. The lowest BCUT2D eigenvalue weighted by molar-refractivity contribution is -0.148. The molecule has 0 aromatic heterocycles. The second-order valence-corrected chi connectivity index (χ2v) is 14.3. The number of rotatable bonds is 11. The predicted octanol–water partition coefficient (Wildman–Crippen LogP) is 6.64. The minimum absolute atomic E-state index is 0.241. The van der Waals surface area contributed by atoms with Crippen LogP contribution < -0.4 is 0 Å². The summed E-state index contributed by atoms with van der Waals surface area (Å²) >= 11 is 0. The molecule has 0 unspecified atom stereocenters. The molecule has 3 nitrogen and oxygen atoms in total. The van der Waals surface area contributed by atoms with Crippen molar-refractivity contribution in [3.63, 3.8) is 0 Å². The molecule has 0 heterocycles. The van der Waals surface area contributed by atoms with Crippen molar-refractivity contribution in [2.45, 2.75) is 110 Å². The highest BCUT2D eigenvalue weighted by Gasteiger charge is 2.36. The molecule has 148 valence electrons. The van der Waals surface area contributed by atoms with E-state index >= 15 is 0 Å². The van der Waals surface area contributed by atoms with Crippen molar-refractivity contribution >= 4 is 14.3 Å². The molecule has 0 saturated heterocycles. The molecule has 0 N–H and O–H groups in total. The standard InChI is InChI=1S/C21H42O3Si/c1-20(2,3)24-19(22)17-15-13-11-9-10-12-14-16-18-23-25(7,8)21(4,5)6/h15,17H,9-14,16,18H2,1-8H3/b17-15+. The molecule has 0 aromatic carbocycles. The van der Waals surface area contributed by atoms with E-state index in [1.54, 1.807) is 6.08 Å². The summed E-state index contributed by atoms with van der Waals surface area (Å²) in [5, 5.41) is 0.305. The maximum Gasteiger partial charge on any atom is 0.330 e. The van der Waals surface area contributed by atoms with E-state index in [9.17, 15) is 4.79 Å². The SMILES string of the molecule is CC(C)(C)OC(=O)/C=C/CCCCCCCCO[Si](C)(C)C(C)(C)C. The van der Waals surface area contributed by atoms with Crippen molar-refractivity contribution in [3.8, 4) is 0 Å². The van der Waals surface area contributed by atoms with Crippen LogP contribution in [0.25, 0.3) is 0 Å². The normalized spacial score (nSPS) is 13.4. The highest BCUT2D eigenvalue weighted by atomic mass is 28.4. The minimum Gasteiger partial charge on any atom is -0.457 e. The Morgan fingerprint density at radius 3 is 1.92 bits per heavy atom. The average Bonchev–Trinajstić information content (AvgIpc) is 2.41. The third kappa shape index (κ3) is 13.3. The van der Waals surface area contributed by atoms with Crippen molar-refractivity contribution < 1.29 is 14.0 Å². The van der Waals surface area contributed by atoms with Gasteiger partial charge in [-0.3, -0.25) is 0 Å². The van der Waals surface area contributed by atoms with Gasteiger partial charge in [-0.25, -0.2) is 4.79 Å². The number of hydrogen-bond donors (Lipinski definition) is 0. The molecule has 0 aliphatic heterocycles. The van der Waals surface area contributed by atoms with Crippen LogP contribution in [-0.2, 0) is 14.0 Å². The fraction of sp³-hybridized carbons (Fsp3) is 0.857. The van der Waals surface area contributed by atoms with Gasteiger partial charge in [-0.05, 0) is 58.2 Å². The molecule has 0 aliphatic rings. The first-order valence-electron chi connectivity index (χ1n) is 9.89. The molecular formula is C21H42O3Si. The largest absolute Gasteiger partial charge is 0.457 e. The van der Waals surface area contributed by atoms with Gasteiger partial charge < -0.3 is 9.16 Å². The Hall–Kier alpha value is -0.613. The van der Waals surface area contributed by atoms with E-state index in [2.05, 4.69) is 33.9 Å². The Morgan fingerprint density at radius 1 is 0.880 bits per heavy atom. The van der Waals surface area contributed by atoms with E-state index in [1.165, 1.54) is 32.1 Å². The smallest absolute Gasteiger partial charge is 0.330 e. The predicted molar refractivity (Wildman–Crippen MR) is 110 cm³/mol. The molecule has 4 heteroatoms. The average molecular weight is 371 g/mol. The summed E-state index contributed by atoms with van der Waals surface area (Å²) in [6.07, 6.45) is 11.8. The molecular weight excluding hydrogens is 328 g/mol. The molecule has 0 radical (unpaired) electrons. The van der Waals surface area contributed by atoms with E-state index in [0.717, 1.165) is 19.4 Å². The maximum absolute atomic E-state index is 11.5. The van der Waals surface area contributed by atoms with Crippen molar-refractivity contribution in [2.24, 2.45) is 0 Å². The second kappa shape index (κ2) is 11.2. The van der Waals surface area contributed by atoms with Crippen LogP contribution in [0.5, 0.6) is 0 Å². The van der Waals surface area contributed by atoms with Gasteiger partial charge in [-0.1, -0.05) is 52.5 Å². The van der Waals surface area contributed by atoms with Crippen LogP contribution in [0.3, 0.4) is 0 Å². The molecule has 25 heavy (non-hydrogen) atoms. The molecule has 0 aromatic rings. The Bertz CT molecular complexity index is 400. The zero-order valence-electron chi connectivity index (χ0n) is 18.0. The van der Waals surface area contributed by atoms with Gasteiger partial charge in [-0.2, -0.15) is 0 Å². The first-order valence-corrected chi connectivity index (χ1v) is 12.8. The van der Waals surface area contributed by atoms with E-state index in [1.807, 2.05) is 26.8 Å². The van der Waals surface area contributed by atoms with Gasteiger partial charge in [0.15, 0.2) is 8.32 Å². The van der Waals surface area contributed by atoms with Gasteiger partial charge in [-0.15, -0.1) is 0 Å². The molecule has 0 rings (SSSR count). The number of carbonyl (C=O) groups excluding carboxylic acids is 1.